The van der Waals surface area contributed by atoms with Crippen molar-refractivity contribution >= 4 is 6.21 Å². The molecule has 0 aliphatic carbocycles. The highest BCUT2D eigenvalue weighted by molar-refractivity contribution is 5.63. The first-order chi connectivity index (χ1) is 7.13. The first-order valence-electron chi connectivity index (χ1n) is 4.94. The van der Waals surface area contributed by atoms with Crippen molar-refractivity contribution < 1.29 is 5.11 Å². The van der Waals surface area contributed by atoms with Gasteiger partial charge in [0.1, 0.15) is 0 Å². The molecule has 0 spiro atoms. The Balaban J connectivity index is 2.57. The highest BCUT2D eigenvalue weighted by Gasteiger charge is 2.00. The van der Waals surface area contributed by atoms with Crippen molar-refractivity contribution in [3.63, 3.8) is 0 Å². The molecule has 0 saturated heterocycles. The Morgan fingerprint density at radius 3 is 3.07 bits per heavy atom. The molecule has 0 bridgehead atoms. The zero-order chi connectivity index (χ0) is 11.3. The normalized spacial score (nSPS) is 13.5. The molecule has 0 radical (unpaired) electrons. The summed E-state index contributed by atoms with van der Waals surface area (Å²) in [6, 6.07) is -0.158. The number of nitrogens with zero attached hydrogens (tertiary/aromatic N) is 2. The summed E-state index contributed by atoms with van der Waals surface area (Å²) in [7, 11) is 0. The second-order valence-corrected chi connectivity index (χ2v) is 3.36. The van der Waals surface area contributed by atoms with Gasteiger partial charge in [0.25, 0.3) is 0 Å². The van der Waals surface area contributed by atoms with Crippen LogP contribution in [0.15, 0.2) is 16.1 Å². The summed E-state index contributed by atoms with van der Waals surface area (Å²) in [5, 5.41) is 12.8. The van der Waals surface area contributed by atoms with Crippen LogP contribution in [-0.2, 0) is 0 Å². The van der Waals surface area contributed by atoms with E-state index < -0.39 is 5.69 Å². The second-order valence-electron chi connectivity index (χ2n) is 3.36. The number of imidazole rings is 1. The molecule has 1 aromatic rings. The van der Waals surface area contributed by atoms with Gasteiger partial charge in [0, 0.05) is 12.3 Å². The molecule has 0 aliphatic heterocycles. The van der Waals surface area contributed by atoms with Crippen LogP contribution in [0.3, 0.4) is 0 Å². The first kappa shape index (κ1) is 11.5. The number of hydrogen-bond donors (Lipinski definition) is 3. The Morgan fingerprint density at radius 1 is 1.80 bits per heavy atom. The maximum Gasteiger partial charge on any atom is 0.349 e. The van der Waals surface area contributed by atoms with Crippen LogP contribution in [0.5, 0.6) is 5.88 Å². The SMILES string of the molecule is CCCC[C@H](N)C=Nn1cc(O)[nH]c1=O. The Labute approximate surface area is 87.4 Å². The van der Waals surface area contributed by atoms with E-state index in [1.165, 1.54) is 12.4 Å². The average molecular weight is 212 g/mol. The molecular formula is C9H16N4O2. The van der Waals surface area contributed by atoms with Crippen LogP contribution in [0.4, 0.5) is 0 Å². The third kappa shape index (κ3) is 3.59. The monoisotopic (exact) mass is 212 g/mol. The van der Waals surface area contributed by atoms with Crippen molar-refractivity contribution in [2.45, 2.75) is 32.2 Å². The predicted octanol–water partition coefficient (Wildman–Crippen LogP) is 0.233. The number of H-pyrrole nitrogens is 1. The van der Waals surface area contributed by atoms with Gasteiger partial charge in [-0.25, -0.2) is 4.79 Å². The maximum absolute atomic E-state index is 11.1. The molecular weight excluding hydrogens is 196 g/mol. The van der Waals surface area contributed by atoms with Gasteiger partial charge in [-0.2, -0.15) is 9.78 Å². The molecule has 0 fully saturated rings. The Hall–Kier alpha value is -1.56. The number of aromatic amines is 1. The van der Waals surface area contributed by atoms with E-state index in [9.17, 15) is 4.79 Å². The van der Waals surface area contributed by atoms with Gasteiger partial charge in [-0.15, -0.1) is 0 Å². The van der Waals surface area contributed by atoms with Gasteiger partial charge >= 0.3 is 5.69 Å². The van der Waals surface area contributed by atoms with Gasteiger partial charge < -0.3 is 10.8 Å². The molecule has 0 aliphatic rings. The third-order valence-electron chi connectivity index (χ3n) is 1.96. The van der Waals surface area contributed by atoms with Crippen LogP contribution >= 0.6 is 0 Å². The lowest BCUT2D eigenvalue weighted by atomic mass is 10.1. The number of rotatable bonds is 5. The summed E-state index contributed by atoms with van der Waals surface area (Å²) in [5.41, 5.74) is 5.25. The van der Waals surface area contributed by atoms with Crippen molar-refractivity contribution in [1.82, 2.24) is 9.66 Å². The molecule has 6 heteroatoms. The minimum atomic E-state index is -0.480. The lowest BCUT2D eigenvalue weighted by molar-refractivity contribution is 0.455. The minimum Gasteiger partial charge on any atom is -0.493 e. The number of unbranched alkanes of at least 4 members (excludes halogenated alkanes) is 1. The Bertz CT molecular complexity index is 380. The number of aromatic nitrogens is 2. The minimum absolute atomic E-state index is 0.158. The van der Waals surface area contributed by atoms with Crippen LogP contribution in [0, 0.1) is 0 Å². The molecule has 1 aromatic heterocycles. The van der Waals surface area contributed by atoms with Gasteiger partial charge in [-0.3, -0.25) is 4.98 Å². The fourth-order valence-electron chi connectivity index (χ4n) is 1.13. The van der Waals surface area contributed by atoms with E-state index in [-0.39, 0.29) is 11.9 Å². The molecule has 0 saturated carbocycles. The maximum atomic E-state index is 11.1. The summed E-state index contributed by atoms with van der Waals surface area (Å²) in [4.78, 5) is 13.2. The highest BCUT2D eigenvalue weighted by Crippen LogP contribution is 1.98. The topological polar surface area (TPSA) is 96.4 Å². The molecule has 84 valence electrons. The van der Waals surface area contributed by atoms with E-state index in [1.807, 2.05) is 0 Å². The van der Waals surface area contributed by atoms with Crippen LogP contribution in [0.1, 0.15) is 26.2 Å². The van der Waals surface area contributed by atoms with Crippen LogP contribution in [-0.4, -0.2) is 27.0 Å². The molecule has 0 amide bonds. The third-order valence-corrected chi connectivity index (χ3v) is 1.96. The van der Waals surface area contributed by atoms with E-state index in [2.05, 4.69) is 17.0 Å². The van der Waals surface area contributed by atoms with Crippen molar-refractivity contribution in [2.75, 3.05) is 0 Å². The number of hydrogen-bond acceptors (Lipinski definition) is 4. The smallest absolute Gasteiger partial charge is 0.349 e. The number of nitrogens with two attached hydrogens (primary N) is 1. The standard InChI is InChI=1S/C9H16N4O2/c1-2-3-4-7(10)5-11-13-6-8(14)12-9(13)15/h5-7,14H,2-4,10H2,1H3,(H,12,15)/t7-/m0/s1. The van der Waals surface area contributed by atoms with Gasteiger partial charge in [0.15, 0.2) is 0 Å². The van der Waals surface area contributed by atoms with Gasteiger partial charge in [-0.05, 0) is 6.42 Å². The summed E-state index contributed by atoms with van der Waals surface area (Å²) >= 11 is 0. The zero-order valence-electron chi connectivity index (χ0n) is 8.68. The average Bonchev–Trinajstić information content (AvgIpc) is 2.51. The van der Waals surface area contributed by atoms with Gasteiger partial charge in [0.05, 0.1) is 6.20 Å². The summed E-state index contributed by atoms with van der Waals surface area (Å²) in [5.74, 6) is -0.209. The van der Waals surface area contributed by atoms with E-state index in [0.717, 1.165) is 23.9 Å². The first-order valence-corrected chi connectivity index (χ1v) is 4.94. The van der Waals surface area contributed by atoms with Crippen molar-refractivity contribution in [3.8, 4) is 5.88 Å². The second kappa shape index (κ2) is 5.35. The molecule has 0 aromatic carbocycles. The largest absolute Gasteiger partial charge is 0.493 e. The van der Waals surface area contributed by atoms with E-state index in [4.69, 9.17) is 10.8 Å². The number of nitrogens with one attached hydrogen (secondary N) is 1. The van der Waals surface area contributed by atoms with Crippen molar-refractivity contribution in [3.05, 3.63) is 16.7 Å². The highest BCUT2D eigenvalue weighted by atomic mass is 16.3. The van der Waals surface area contributed by atoms with E-state index >= 15 is 0 Å². The predicted molar refractivity (Wildman–Crippen MR) is 58.1 cm³/mol. The Kier molecular flexibility index (Phi) is 4.11. The van der Waals surface area contributed by atoms with E-state index in [1.54, 1.807) is 0 Å². The molecule has 4 N–H and O–H groups in total. The lowest BCUT2D eigenvalue weighted by Crippen LogP contribution is -2.23. The van der Waals surface area contributed by atoms with Crippen LogP contribution in [0.2, 0.25) is 0 Å². The molecule has 1 atom stereocenters. The molecule has 0 unspecified atom stereocenters. The summed E-state index contributed by atoms with van der Waals surface area (Å²) < 4.78 is 1.02. The summed E-state index contributed by atoms with van der Waals surface area (Å²) in [6.45, 7) is 2.08. The molecule has 15 heavy (non-hydrogen) atoms. The summed E-state index contributed by atoms with van der Waals surface area (Å²) in [6.07, 6.45) is 5.65. The zero-order valence-corrected chi connectivity index (χ0v) is 8.68. The van der Waals surface area contributed by atoms with E-state index in [0.29, 0.717) is 0 Å². The quantitative estimate of drug-likeness (QED) is 0.610. The molecule has 1 rings (SSSR count). The van der Waals surface area contributed by atoms with Crippen LogP contribution < -0.4 is 11.4 Å². The molecule has 1 heterocycles. The fraction of sp³-hybridized carbons (Fsp3) is 0.556. The lowest BCUT2D eigenvalue weighted by Gasteiger charge is -2.02. The van der Waals surface area contributed by atoms with Gasteiger partial charge in [-0.1, -0.05) is 19.8 Å². The molecule has 6 nitrogen and oxygen atoms in total. The van der Waals surface area contributed by atoms with Crippen LogP contribution in [0.25, 0.3) is 0 Å². The Morgan fingerprint density at radius 2 is 2.53 bits per heavy atom. The fourth-order valence-corrected chi connectivity index (χ4v) is 1.13. The number of aromatic hydroxyl groups is 1. The van der Waals surface area contributed by atoms with Gasteiger partial charge in [0.2, 0.25) is 5.88 Å². The van der Waals surface area contributed by atoms with Crippen molar-refractivity contribution in [1.29, 1.82) is 0 Å². The van der Waals surface area contributed by atoms with Crippen molar-refractivity contribution in [2.24, 2.45) is 10.8 Å².